The number of fused-ring (bicyclic) bond motifs is 1. The van der Waals surface area contributed by atoms with E-state index in [1.807, 2.05) is 11.9 Å². The zero-order valence-electron chi connectivity index (χ0n) is 23.8. The molecule has 0 bridgehead atoms. The lowest BCUT2D eigenvalue weighted by Gasteiger charge is -2.47. The maximum atomic E-state index is 13.3. The van der Waals surface area contributed by atoms with Gasteiger partial charge in [0.1, 0.15) is 12.2 Å². The zero-order chi connectivity index (χ0) is 28.1. The summed E-state index contributed by atoms with van der Waals surface area (Å²) in [5.41, 5.74) is 0. The van der Waals surface area contributed by atoms with Crippen molar-refractivity contribution in [3.05, 3.63) is 0 Å². The molecule has 5 fully saturated rings. The largest absolute Gasteiger partial charge is 0.405 e. The van der Waals surface area contributed by atoms with Crippen LogP contribution in [0.1, 0.15) is 58.8 Å². The molecular weight excluding hydrogens is 505 g/mol. The molecule has 2 saturated carbocycles. The number of nitrogens with one attached hydrogen (secondary N) is 4. The van der Waals surface area contributed by atoms with Crippen LogP contribution in [-0.2, 0) is 0 Å². The molecule has 0 amide bonds. The van der Waals surface area contributed by atoms with Gasteiger partial charge in [0.15, 0.2) is 5.96 Å². The van der Waals surface area contributed by atoms with Crippen LogP contribution in [0.4, 0.5) is 13.2 Å². The topological polar surface area (TPSA) is 93.5 Å². The third-order valence-electron chi connectivity index (χ3n) is 10.6. The highest BCUT2D eigenvalue weighted by atomic mass is 19.4. The summed E-state index contributed by atoms with van der Waals surface area (Å²) in [5, 5.41) is 29.0. The minimum Gasteiger partial charge on any atom is -0.338 e. The highest BCUT2D eigenvalue weighted by Crippen LogP contribution is 2.41. The van der Waals surface area contributed by atoms with E-state index in [0.29, 0.717) is 29.6 Å². The molecule has 220 valence electrons. The Morgan fingerprint density at radius 3 is 2.38 bits per heavy atom. The van der Waals surface area contributed by atoms with Gasteiger partial charge in [0.2, 0.25) is 0 Å². The molecule has 39 heavy (non-hydrogen) atoms. The summed E-state index contributed by atoms with van der Waals surface area (Å²) in [6, 6.07) is 1.26. The lowest BCUT2D eigenvalue weighted by molar-refractivity contribution is -0.150. The summed E-state index contributed by atoms with van der Waals surface area (Å²) in [6.45, 7) is 6.20. The molecular formula is C28H47F3N8. The lowest BCUT2D eigenvalue weighted by atomic mass is 9.68. The Balaban J connectivity index is 1.19. The second kappa shape index (κ2) is 11.3. The van der Waals surface area contributed by atoms with Gasteiger partial charge in [0.05, 0.1) is 24.4 Å². The minimum atomic E-state index is -4.21. The fraction of sp³-hybridized carbons (Fsp3) is 0.929. The molecule has 11 heteroatoms. The molecule has 4 N–H and O–H groups in total. The summed E-state index contributed by atoms with van der Waals surface area (Å²) in [4.78, 5) is 6.16. The molecule has 5 rings (SSSR count). The van der Waals surface area contributed by atoms with Crippen LogP contribution in [0, 0.1) is 52.2 Å². The number of guanidine groups is 1. The van der Waals surface area contributed by atoms with E-state index < -0.39 is 12.2 Å². The van der Waals surface area contributed by atoms with E-state index in [2.05, 4.69) is 45.7 Å². The summed E-state index contributed by atoms with van der Waals surface area (Å²) in [6.07, 6.45) is 2.57. The van der Waals surface area contributed by atoms with E-state index in [1.54, 1.807) is 7.05 Å². The molecule has 3 heterocycles. The van der Waals surface area contributed by atoms with Crippen molar-refractivity contribution in [3.63, 3.8) is 0 Å². The Morgan fingerprint density at radius 2 is 1.77 bits per heavy atom. The van der Waals surface area contributed by atoms with Crippen LogP contribution in [-0.4, -0.2) is 91.1 Å². The second-order valence-corrected chi connectivity index (χ2v) is 13.3. The molecule has 0 aromatic rings. The molecule has 0 spiro atoms. The first-order valence-corrected chi connectivity index (χ1v) is 15.0. The van der Waals surface area contributed by atoms with Crippen molar-refractivity contribution in [2.75, 3.05) is 33.7 Å². The van der Waals surface area contributed by atoms with Crippen molar-refractivity contribution in [3.8, 4) is 6.07 Å². The SMILES string of the molecule is CC(C)C1CC(C#N)CCC1C1NCC2C(N1)N(CC1CCC(C3NC(C(F)(F)F)CN3C)CC1)C(=N)N2C. The third kappa shape index (κ3) is 5.77. The summed E-state index contributed by atoms with van der Waals surface area (Å²) in [5.74, 6) is 2.84. The molecule has 0 aromatic heterocycles. The van der Waals surface area contributed by atoms with Gasteiger partial charge in [-0.3, -0.25) is 26.3 Å². The Labute approximate surface area is 231 Å². The lowest BCUT2D eigenvalue weighted by Crippen LogP contribution is -2.67. The Kier molecular flexibility index (Phi) is 8.41. The molecule has 3 saturated heterocycles. The number of hydrogen-bond donors (Lipinski definition) is 4. The van der Waals surface area contributed by atoms with Gasteiger partial charge in [-0.05, 0) is 81.6 Å². The van der Waals surface area contributed by atoms with Gasteiger partial charge >= 0.3 is 6.18 Å². The van der Waals surface area contributed by atoms with E-state index in [0.717, 1.165) is 58.0 Å². The fourth-order valence-electron chi connectivity index (χ4n) is 8.30. The van der Waals surface area contributed by atoms with Gasteiger partial charge in [0.25, 0.3) is 0 Å². The predicted octanol–water partition coefficient (Wildman–Crippen LogP) is 3.19. The van der Waals surface area contributed by atoms with Crippen LogP contribution >= 0.6 is 0 Å². The quantitative estimate of drug-likeness (QED) is 0.416. The molecule has 0 aromatic carbocycles. The molecule has 0 radical (unpaired) electrons. The maximum Gasteiger partial charge on any atom is 0.405 e. The first-order chi connectivity index (χ1) is 18.5. The maximum absolute atomic E-state index is 13.3. The first-order valence-electron chi connectivity index (χ1n) is 15.0. The number of rotatable bonds is 5. The molecule has 5 aliphatic rings. The molecule has 8 unspecified atom stereocenters. The van der Waals surface area contributed by atoms with E-state index in [-0.39, 0.29) is 42.9 Å². The van der Waals surface area contributed by atoms with Crippen molar-refractivity contribution in [1.29, 1.82) is 10.7 Å². The normalized spacial score (nSPS) is 42.2. The van der Waals surface area contributed by atoms with E-state index >= 15 is 0 Å². The van der Waals surface area contributed by atoms with Crippen molar-refractivity contribution >= 4 is 5.96 Å². The van der Waals surface area contributed by atoms with Crippen LogP contribution in [0.15, 0.2) is 0 Å². The fourth-order valence-corrected chi connectivity index (χ4v) is 8.30. The first kappa shape index (κ1) is 28.9. The van der Waals surface area contributed by atoms with E-state index in [1.165, 1.54) is 0 Å². The number of nitriles is 1. The van der Waals surface area contributed by atoms with Gasteiger partial charge in [-0.1, -0.05) is 13.8 Å². The summed E-state index contributed by atoms with van der Waals surface area (Å²) >= 11 is 0. The number of nitrogens with zero attached hydrogens (tertiary/aromatic N) is 4. The molecule has 8 atom stereocenters. The molecule has 3 aliphatic heterocycles. The van der Waals surface area contributed by atoms with Crippen molar-refractivity contribution in [2.45, 2.75) is 95.6 Å². The monoisotopic (exact) mass is 552 g/mol. The average molecular weight is 553 g/mol. The molecule has 2 aliphatic carbocycles. The highest BCUT2D eigenvalue weighted by molar-refractivity contribution is 5.80. The predicted molar refractivity (Wildman–Crippen MR) is 144 cm³/mol. The van der Waals surface area contributed by atoms with Crippen LogP contribution in [0.3, 0.4) is 0 Å². The van der Waals surface area contributed by atoms with E-state index in [4.69, 9.17) is 5.41 Å². The Hall–Kier alpha value is -1.61. The van der Waals surface area contributed by atoms with Crippen LogP contribution in [0.25, 0.3) is 0 Å². The summed E-state index contributed by atoms with van der Waals surface area (Å²) in [7, 11) is 3.81. The van der Waals surface area contributed by atoms with Crippen LogP contribution in [0.5, 0.6) is 0 Å². The number of alkyl halides is 3. The number of likely N-dealkylation sites (N-methyl/N-ethyl adjacent to an activating group) is 2. The van der Waals surface area contributed by atoms with E-state index in [9.17, 15) is 18.4 Å². The standard InChI is InChI=1S/C28H47F3N8/c1-16(2)21-11-18(12-32)7-10-20(21)24-34-13-22-26(36-24)39(27(33)38(22)4)14-17-5-8-19(9-6-17)25-35-23(15-37(25)3)28(29,30)31/h16-26,33-36H,5-11,13-15H2,1-4H3. The van der Waals surface area contributed by atoms with Gasteiger partial charge < -0.3 is 9.80 Å². The average Bonchev–Trinajstić information content (AvgIpc) is 3.42. The van der Waals surface area contributed by atoms with Crippen LogP contribution < -0.4 is 16.0 Å². The smallest absolute Gasteiger partial charge is 0.338 e. The highest BCUT2D eigenvalue weighted by Gasteiger charge is 2.50. The van der Waals surface area contributed by atoms with Crippen molar-refractivity contribution < 1.29 is 13.2 Å². The summed E-state index contributed by atoms with van der Waals surface area (Å²) < 4.78 is 39.8. The van der Waals surface area contributed by atoms with Gasteiger partial charge in [-0.2, -0.15) is 18.4 Å². The van der Waals surface area contributed by atoms with Crippen LogP contribution in [0.2, 0.25) is 0 Å². The van der Waals surface area contributed by atoms with Gasteiger partial charge in [-0.25, -0.2) is 0 Å². The van der Waals surface area contributed by atoms with Gasteiger partial charge in [-0.15, -0.1) is 0 Å². The second-order valence-electron chi connectivity index (χ2n) is 13.3. The molecule has 8 nitrogen and oxygen atoms in total. The zero-order valence-corrected chi connectivity index (χ0v) is 23.8. The van der Waals surface area contributed by atoms with Gasteiger partial charge in [0, 0.05) is 32.6 Å². The Bertz CT molecular complexity index is 913. The van der Waals surface area contributed by atoms with Crippen molar-refractivity contribution in [1.82, 2.24) is 30.7 Å². The number of hydrogen-bond acceptors (Lipinski definition) is 6. The Morgan fingerprint density at radius 1 is 1.05 bits per heavy atom. The number of halogens is 3. The minimum absolute atomic E-state index is 0.0190. The third-order valence-corrected chi connectivity index (χ3v) is 10.6. The van der Waals surface area contributed by atoms with Crippen molar-refractivity contribution in [2.24, 2.45) is 35.5 Å².